The van der Waals surface area contributed by atoms with Gasteiger partial charge in [0.25, 0.3) is 0 Å². The molecule has 1 aliphatic rings. The van der Waals surface area contributed by atoms with Crippen molar-refractivity contribution in [2.24, 2.45) is 4.99 Å². The molecule has 0 fully saturated rings. The molecule has 0 aliphatic carbocycles. The van der Waals surface area contributed by atoms with Gasteiger partial charge in [-0.25, -0.2) is 8.42 Å². The highest BCUT2D eigenvalue weighted by Crippen LogP contribution is 2.29. The molecular formula is C17H28N4O3S. The SMILES string of the molecule is CN=C(NCCS(=O)(=O)N1CCc2ccccc21)NCC(C)(C)OC. The predicted molar refractivity (Wildman–Crippen MR) is 102 cm³/mol. The number of sulfonamides is 1. The Balaban J connectivity index is 1.88. The van der Waals surface area contributed by atoms with Gasteiger partial charge in [-0.1, -0.05) is 18.2 Å². The van der Waals surface area contributed by atoms with Crippen molar-refractivity contribution in [2.75, 3.05) is 43.8 Å². The molecule has 0 saturated heterocycles. The maximum atomic E-state index is 12.6. The molecule has 0 amide bonds. The van der Waals surface area contributed by atoms with E-state index in [0.29, 0.717) is 19.0 Å². The first-order valence-corrected chi connectivity index (χ1v) is 9.98. The fraction of sp³-hybridized carbons (Fsp3) is 0.588. The normalized spacial score (nSPS) is 15.2. The average Bonchev–Trinajstić information content (AvgIpc) is 3.03. The van der Waals surface area contributed by atoms with Crippen LogP contribution < -0.4 is 14.9 Å². The van der Waals surface area contributed by atoms with Crippen molar-refractivity contribution in [3.05, 3.63) is 29.8 Å². The van der Waals surface area contributed by atoms with Crippen LogP contribution in [0.1, 0.15) is 19.4 Å². The van der Waals surface area contributed by atoms with Crippen molar-refractivity contribution in [3.8, 4) is 0 Å². The van der Waals surface area contributed by atoms with Crippen LogP contribution in [-0.4, -0.2) is 59.5 Å². The van der Waals surface area contributed by atoms with Crippen LogP contribution >= 0.6 is 0 Å². The van der Waals surface area contributed by atoms with Crippen molar-refractivity contribution in [1.29, 1.82) is 0 Å². The number of nitrogens with zero attached hydrogens (tertiary/aromatic N) is 2. The van der Waals surface area contributed by atoms with E-state index >= 15 is 0 Å². The van der Waals surface area contributed by atoms with Crippen molar-refractivity contribution >= 4 is 21.7 Å². The monoisotopic (exact) mass is 368 g/mol. The molecule has 2 rings (SSSR count). The van der Waals surface area contributed by atoms with Crippen LogP contribution in [0.5, 0.6) is 0 Å². The molecule has 1 aliphatic heterocycles. The second-order valence-electron chi connectivity index (χ2n) is 6.58. The lowest BCUT2D eigenvalue weighted by Crippen LogP contribution is -2.46. The highest BCUT2D eigenvalue weighted by atomic mass is 32.2. The van der Waals surface area contributed by atoms with Crippen LogP contribution in [0, 0.1) is 0 Å². The lowest BCUT2D eigenvalue weighted by molar-refractivity contribution is 0.0268. The number of methoxy groups -OCH3 is 1. The fourth-order valence-corrected chi connectivity index (χ4v) is 4.02. The summed E-state index contributed by atoms with van der Waals surface area (Å²) in [5.74, 6) is 0.567. The second kappa shape index (κ2) is 8.05. The number of aliphatic imine (C=N–C) groups is 1. The zero-order chi connectivity index (χ0) is 18.5. The third-order valence-corrected chi connectivity index (χ3v) is 6.06. The molecular weight excluding hydrogens is 340 g/mol. The molecule has 0 bridgehead atoms. The second-order valence-corrected chi connectivity index (χ2v) is 8.60. The number of ether oxygens (including phenoxy) is 1. The van der Waals surface area contributed by atoms with Crippen molar-refractivity contribution < 1.29 is 13.2 Å². The van der Waals surface area contributed by atoms with E-state index in [1.165, 1.54) is 4.31 Å². The summed E-state index contributed by atoms with van der Waals surface area (Å²) in [6, 6.07) is 7.65. The summed E-state index contributed by atoms with van der Waals surface area (Å²) < 4.78 is 32.1. The minimum absolute atomic E-state index is 0.00963. The van der Waals surface area contributed by atoms with Gasteiger partial charge in [-0.05, 0) is 31.9 Å². The van der Waals surface area contributed by atoms with Gasteiger partial charge in [0.15, 0.2) is 5.96 Å². The van der Waals surface area contributed by atoms with Crippen molar-refractivity contribution in [1.82, 2.24) is 10.6 Å². The van der Waals surface area contributed by atoms with E-state index in [0.717, 1.165) is 17.7 Å². The molecule has 0 aromatic heterocycles. The quantitative estimate of drug-likeness (QED) is 0.553. The van der Waals surface area contributed by atoms with Gasteiger partial charge in [-0.15, -0.1) is 0 Å². The first-order valence-electron chi connectivity index (χ1n) is 8.37. The number of benzene rings is 1. The molecule has 140 valence electrons. The maximum absolute atomic E-state index is 12.6. The number of para-hydroxylation sites is 1. The van der Waals surface area contributed by atoms with E-state index < -0.39 is 10.0 Å². The Bertz CT molecular complexity index is 716. The van der Waals surface area contributed by atoms with Crippen LogP contribution in [-0.2, 0) is 21.2 Å². The van der Waals surface area contributed by atoms with Crippen molar-refractivity contribution in [3.63, 3.8) is 0 Å². The van der Waals surface area contributed by atoms with E-state index in [-0.39, 0.29) is 17.9 Å². The average molecular weight is 369 g/mol. The smallest absolute Gasteiger partial charge is 0.236 e. The van der Waals surface area contributed by atoms with Crippen molar-refractivity contribution in [2.45, 2.75) is 25.9 Å². The molecule has 8 heteroatoms. The minimum Gasteiger partial charge on any atom is -0.377 e. The number of rotatable bonds is 7. The Kier molecular flexibility index (Phi) is 6.29. The van der Waals surface area contributed by atoms with Gasteiger partial charge in [0, 0.05) is 33.8 Å². The summed E-state index contributed by atoms with van der Waals surface area (Å²) in [6.45, 7) is 5.28. The molecule has 1 heterocycles. The molecule has 7 nitrogen and oxygen atoms in total. The summed E-state index contributed by atoms with van der Waals surface area (Å²) in [5.41, 5.74) is 1.55. The molecule has 0 saturated carbocycles. The molecule has 0 spiro atoms. The lowest BCUT2D eigenvalue weighted by Gasteiger charge is -2.24. The number of hydrogen-bond donors (Lipinski definition) is 2. The summed E-state index contributed by atoms with van der Waals surface area (Å²) in [6.07, 6.45) is 0.762. The standard InChI is InChI=1S/C17H28N4O3S/c1-17(2,24-4)13-20-16(18-3)19-10-12-25(22,23)21-11-9-14-7-5-6-8-15(14)21/h5-8H,9-13H2,1-4H3,(H2,18,19,20). The maximum Gasteiger partial charge on any atom is 0.236 e. The third-order valence-electron chi connectivity index (χ3n) is 4.29. The highest BCUT2D eigenvalue weighted by molar-refractivity contribution is 7.92. The van der Waals surface area contributed by atoms with Crippen LogP contribution in [0.4, 0.5) is 5.69 Å². The molecule has 0 atom stereocenters. The Hall–Kier alpha value is -1.80. The number of guanidine groups is 1. The van der Waals surface area contributed by atoms with E-state index in [4.69, 9.17) is 4.74 Å². The van der Waals surface area contributed by atoms with Crippen LogP contribution in [0.3, 0.4) is 0 Å². The van der Waals surface area contributed by atoms with Gasteiger partial charge >= 0.3 is 0 Å². The summed E-state index contributed by atoms with van der Waals surface area (Å²) in [4.78, 5) is 4.11. The molecule has 1 aromatic carbocycles. The molecule has 25 heavy (non-hydrogen) atoms. The predicted octanol–water partition coefficient (Wildman–Crippen LogP) is 0.969. The van der Waals surface area contributed by atoms with Crippen LogP contribution in [0.25, 0.3) is 0 Å². The van der Waals surface area contributed by atoms with E-state index in [2.05, 4.69) is 15.6 Å². The summed E-state index contributed by atoms with van der Waals surface area (Å²) in [7, 11) is -0.0577. The topological polar surface area (TPSA) is 83.0 Å². The van der Waals surface area contributed by atoms with Gasteiger partial charge in [-0.3, -0.25) is 9.30 Å². The largest absolute Gasteiger partial charge is 0.377 e. The summed E-state index contributed by atoms with van der Waals surface area (Å²) >= 11 is 0. The zero-order valence-corrected chi connectivity index (χ0v) is 16.2. The van der Waals surface area contributed by atoms with E-state index in [9.17, 15) is 8.42 Å². The minimum atomic E-state index is -3.36. The summed E-state index contributed by atoms with van der Waals surface area (Å²) in [5, 5.41) is 6.18. The molecule has 2 N–H and O–H groups in total. The zero-order valence-electron chi connectivity index (χ0n) is 15.4. The van der Waals surface area contributed by atoms with E-state index in [1.807, 2.05) is 38.1 Å². The Labute approximate surface area is 150 Å². The van der Waals surface area contributed by atoms with Gasteiger partial charge in [0.05, 0.1) is 17.0 Å². The van der Waals surface area contributed by atoms with Gasteiger partial charge in [0.1, 0.15) is 0 Å². The first kappa shape index (κ1) is 19.5. The lowest BCUT2D eigenvalue weighted by atomic mass is 10.1. The molecule has 0 radical (unpaired) electrons. The molecule has 1 aromatic rings. The third kappa shape index (κ3) is 5.09. The van der Waals surface area contributed by atoms with E-state index in [1.54, 1.807) is 14.2 Å². The van der Waals surface area contributed by atoms with Crippen LogP contribution in [0.15, 0.2) is 29.3 Å². The molecule has 0 unspecified atom stereocenters. The highest BCUT2D eigenvalue weighted by Gasteiger charge is 2.28. The number of anilines is 1. The Morgan fingerprint density at radius 1 is 1.32 bits per heavy atom. The first-order chi connectivity index (χ1) is 11.8. The van der Waals surface area contributed by atoms with Gasteiger partial charge < -0.3 is 15.4 Å². The Morgan fingerprint density at radius 2 is 2.04 bits per heavy atom. The number of fused-ring (bicyclic) bond motifs is 1. The van der Waals surface area contributed by atoms with Crippen LogP contribution in [0.2, 0.25) is 0 Å². The van der Waals surface area contributed by atoms with Gasteiger partial charge in [0.2, 0.25) is 10.0 Å². The number of hydrogen-bond acceptors (Lipinski definition) is 4. The Morgan fingerprint density at radius 3 is 2.72 bits per heavy atom. The van der Waals surface area contributed by atoms with Gasteiger partial charge in [-0.2, -0.15) is 0 Å². The fourth-order valence-electron chi connectivity index (χ4n) is 2.59. The number of nitrogens with one attached hydrogen (secondary N) is 2.